The van der Waals surface area contributed by atoms with Gasteiger partial charge in [-0.3, -0.25) is 4.79 Å². The van der Waals surface area contributed by atoms with Crippen molar-refractivity contribution in [1.82, 2.24) is 15.3 Å². The largest absolute Gasteiger partial charge is 0.327 e. The van der Waals surface area contributed by atoms with E-state index in [0.29, 0.717) is 18.0 Å². The summed E-state index contributed by atoms with van der Waals surface area (Å²) in [4.78, 5) is 19.6. The minimum absolute atomic E-state index is 0.0752. The highest BCUT2D eigenvalue weighted by Crippen LogP contribution is 2.34. The Kier molecular flexibility index (Phi) is 5.68. The Balaban J connectivity index is 1.64. The smallest absolute Gasteiger partial charge is 0.202 e. The maximum Gasteiger partial charge on any atom is 0.202 e. The molecule has 0 saturated carbocycles. The Morgan fingerprint density at radius 2 is 2.11 bits per heavy atom. The van der Waals surface area contributed by atoms with E-state index in [4.69, 9.17) is 5.26 Å². The van der Waals surface area contributed by atoms with Crippen molar-refractivity contribution < 1.29 is 4.79 Å². The van der Waals surface area contributed by atoms with Crippen molar-refractivity contribution in [2.75, 3.05) is 13.1 Å². The molecule has 0 amide bonds. The number of hydrogen-bond donors (Lipinski definition) is 2. The molecule has 1 aliphatic carbocycles. The van der Waals surface area contributed by atoms with E-state index >= 15 is 0 Å². The van der Waals surface area contributed by atoms with Gasteiger partial charge < -0.3 is 10.3 Å². The minimum Gasteiger partial charge on any atom is -0.327 e. The Morgan fingerprint density at radius 3 is 2.82 bits per heavy atom. The summed E-state index contributed by atoms with van der Waals surface area (Å²) in [5, 5.41) is 12.4. The third kappa shape index (κ3) is 4.07. The van der Waals surface area contributed by atoms with Gasteiger partial charge in [-0.1, -0.05) is 24.3 Å². The van der Waals surface area contributed by atoms with Gasteiger partial charge in [-0.15, -0.1) is 0 Å². The minimum atomic E-state index is -0.0752. The van der Waals surface area contributed by atoms with Crippen LogP contribution in [0.2, 0.25) is 0 Å². The summed E-state index contributed by atoms with van der Waals surface area (Å²) in [5.74, 6) is 0.786. The van der Waals surface area contributed by atoms with Crippen molar-refractivity contribution in [1.29, 1.82) is 5.26 Å². The van der Waals surface area contributed by atoms with Crippen molar-refractivity contribution in [2.24, 2.45) is 0 Å². The van der Waals surface area contributed by atoms with Gasteiger partial charge in [-0.25, -0.2) is 4.98 Å². The van der Waals surface area contributed by atoms with Crippen LogP contribution in [0.4, 0.5) is 0 Å². The number of aromatic nitrogens is 2. The molecule has 1 aromatic carbocycles. The fraction of sp³-hybridized carbons (Fsp3) is 0.435. The first-order valence-electron chi connectivity index (χ1n) is 10.3. The van der Waals surface area contributed by atoms with Gasteiger partial charge >= 0.3 is 0 Å². The molecule has 0 radical (unpaired) electrons. The average Bonchev–Trinajstić information content (AvgIpc) is 3.25. The first kappa shape index (κ1) is 18.6. The maximum atomic E-state index is 12.7. The Bertz CT molecular complexity index is 928. The highest BCUT2D eigenvalue weighted by Gasteiger charge is 2.20. The van der Waals surface area contributed by atoms with Gasteiger partial charge in [0.15, 0.2) is 5.82 Å². The molecule has 5 nitrogen and oxygen atoms in total. The Labute approximate surface area is 165 Å². The summed E-state index contributed by atoms with van der Waals surface area (Å²) < 4.78 is 0. The number of benzene rings is 1. The van der Waals surface area contributed by atoms with Gasteiger partial charge in [-0.05, 0) is 79.8 Å². The number of carbonyl (C=O) groups is 1. The summed E-state index contributed by atoms with van der Waals surface area (Å²) in [7, 11) is 0. The second kappa shape index (κ2) is 8.53. The van der Waals surface area contributed by atoms with Crippen LogP contribution >= 0.6 is 0 Å². The molecular formula is C23H26N4O. The number of nitrogens with zero attached hydrogens (tertiary/aromatic N) is 2. The van der Waals surface area contributed by atoms with Gasteiger partial charge in [0.2, 0.25) is 5.78 Å². The van der Waals surface area contributed by atoms with E-state index in [0.717, 1.165) is 31.5 Å². The van der Waals surface area contributed by atoms with Crippen LogP contribution < -0.4 is 5.32 Å². The molecule has 0 atom stereocenters. The normalized spacial score (nSPS) is 17.8. The molecule has 144 valence electrons. The Hall–Kier alpha value is -2.71. The SMILES string of the molecule is N#Cc1cnc(C(=O)Cc2ccc(C3CCNCC3)cc2C2=CCCCC2)[nH]1. The number of imidazole rings is 1. The summed E-state index contributed by atoms with van der Waals surface area (Å²) >= 11 is 0. The van der Waals surface area contributed by atoms with E-state index < -0.39 is 0 Å². The molecule has 28 heavy (non-hydrogen) atoms. The zero-order valence-corrected chi connectivity index (χ0v) is 16.1. The summed E-state index contributed by atoms with van der Waals surface area (Å²) in [5.41, 5.74) is 5.38. The molecule has 1 fully saturated rings. The third-order valence-corrected chi connectivity index (χ3v) is 5.89. The zero-order valence-electron chi connectivity index (χ0n) is 16.1. The molecule has 1 saturated heterocycles. The van der Waals surface area contributed by atoms with Crippen LogP contribution in [0.3, 0.4) is 0 Å². The number of hydrogen-bond acceptors (Lipinski definition) is 4. The number of nitrogens with one attached hydrogen (secondary N) is 2. The number of ketones is 1. The lowest BCUT2D eigenvalue weighted by Crippen LogP contribution is -2.26. The van der Waals surface area contributed by atoms with Gasteiger partial charge in [-0.2, -0.15) is 5.26 Å². The number of rotatable bonds is 5. The first-order valence-corrected chi connectivity index (χ1v) is 10.3. The number of carbonyl (C=O) groups excluding carboxylic acids is 1. The van der Waals surface area contributed by atoms with E-state index in [9.17, 15) is 4.79 Å². The summed E-state index contributed by atoms with van der Waals surface area (Å²) in [6.45, 7) is 2.14. The molecule has 0 unspecified atom stereocenters. The topological polar surface area (TPSA) is 81.6 Å². The number of nitriles is 1. The monoisotopic (exact) mass is 374 g/mol. The quantitative estimate of drug-likeness (QED) is 0.771. The van der Waals surface area contributed by atoms with Crippen LogP contribution in [0, 0.1) is 11.3 Å². The lowest BCUT2D eigenvalue weighted by atomic mass is 9.84. The van der Waals surface area contributed by atoms with E-state index in [1.54, 1.807) is 0 Å². The van der Waals surface area contributed by atoms with E-state index in [2.05, 4.69) is 39.6 Å². The highest BCUT2D eigenvalue weighted by molar-refractivity contribution is 5.95. The molecule has 5 heteroatoms. The predicted octanol–water partition coefficient (Wildman–Crippen LogP) is 4.13. The maximum absolute atomic E-state index is 12.7. The second-order valence-corrected chi connectivity index (χ2v) is 7.77. The fourth-order valence-corrected chi connectivity index (χ4v) is 4.32. The molecule has 4 rings (SSSR count). The molecule has 2 N–H and O–H groups in total. The molecule has 0 bridgehead atoms. The van der Waals surface area contributed by atoms with Crippen molar-refractivity contribution >= 4 is 11.4 Å². The van der Waals surface area contributed by atoms with Crippen LogP contribution in [0.15, 0.2) is 30.5 Å². The van der Waals surface area contributed by atoms with Gasteiger partial charge in [0.1, 0.15) is 11.8 Å². The standard InChI is InChI=1S/C23H26N4O/c24-14-20-15-26-23(27-20)22(28)13-19-7-6-18(16-8-10-25-11-9-16)12-21(19)17-4-2-1-3-5-17/h4,6-7,12,15-16,25H,1-3,5,8-11,13H2,(H,26,27). The summed E-state index contributed by atoms with van der Waals surface area (Å²) in [6, 6.07) is 8.66. The summed E-state index contributed by atoms with van der Waals surface area (Å²) in [6.07, 6.45) is 11.0. The Morgan fingerprint density at radius 1 is 1.25 bits per heavy atom. The van der Waals surface area contributed by atoms with Crippen LogP contribution in [0.1, 0.15) is 77.4 Å². The molecule has 1 aromatic heterocycles. The number of piperidine rings is 1. The highest BCUT2D eigenvalue weighted by atomic mass is 16.1. The van der Waals surface area contributed by atoms with Crippen LogP contribution in [-0.2, 0) is 6.42 Å². The number of aromatic amines is 1. The third-order valence-electron chi connectivity index (χ3n) is 5.89. The van der Waals surface area contributed by atoms with Crippen LogP contribution in [0.25, 0.3) is 5.57 Å². The predicted molar refractivity (Wildman–Crippen MR) is 109 cm³/mol. The molecule has 2 heterocycles. The molecule has 1 aliphatic heterocycles. The fourth-order valence-electron chi connectivity index (χ4n) is 4.32. The van der Waals surface area contributed by atoms with Crippen molar-refractivity contribution in [3.8, 4) is 6.07 Å². The van der Waals surface area contributed by atoms with Crippen LogP contribution in [-0.4, -0.2) is 28.8 Å². The number of Topliss-reactive ketones (excluding diaryl/α,β-unsaturated/α-hetero) is 1. The molecule has 0 spiro atoms. The van der Waals surface area contributed by atoms with E-state index in [-0.39, 0.29) is 11.6 Å². The number of H-pyrrole nitrogens is 1. The first-order chi connectivity index (χ1) is 13.7. The van der Waals surface area contributed by atoms with Crippen LogP contribution in [0.5, 0.6) is 0 Å². The van der Waals surface area contributed by atoms with Gasteiger partial charge in [0.25, 0.3) is 0 Å². The van der Waals surface area contributed by atoms with E-state index in [1.807, 2.05) is 6.07 Å². The zero-order chi connectivity index (χ0) is 19.3. The molecule has 2 aliphatic rings. The van der Waals surface area contributed by atoms with Gasteiger partial charge in [0, 0.05) is 6.42 Å². The lowest BCUT2D eigenvalue weighted by Gasteiger charge is -2.25. The second-order valence-electron chi connectivity index (χ2n) is 7.77. The number of allylic oxidation sites excluding steroid dienone is 2. The van der Waals surface area contributed by atoms with E-state index in [1.165, 1.54) is 48.6 Å². The van der Waals surface area contributed by atoms with Crippen molar-refractivity contribution in [3.05, 3.63) is 58.7 Å². The van der Waals surface area contributed by atoms with Gasteiger partial charge in [0.05, 0.1) is 6.20 Å². The van der Waals surface area contributed by atoms with Crippen molar-refractivity contribution in [3.63, 3.8) is 0 Å². The lowest BCUT2D eigenvalue weighted by molar-refractivity contribution is 0.0984. The molecule has 2 aromatic rings. The molecular weight excluding hydrogens is 348 g/mol. The average molecular weight is 374 g/mol. The van der Waals surface area contributed by atoms with Crippen molar-refractivity contribution in [2.45, 2.75) is 50.9 Å².